The van der Waals surface area contributed by atoms with Gasteiger partial charge in [0.25, 0.3) is 0 Å². The van der Waals surface area contributed by atoms with Crippen molar-refractivity contribution in [2.45, 2.75) is 26.3 Å². The molecule has 1 unspecified atom stereocenters. The van der Waals surface area contributed by atoms with Gasteiger partial charge in [-0.2, -0.15) is 0 Å². The molecule has 1 N–H and O–H groups in total. The van der Waals surface area contributed by atoms with Gasteiger partial charge in [-0.3, -0.25) is 0 Å². The number of thiophene rings is 1. The Morgan fingerprint density at radius 1 is 1.30 bits per heavy atom. The summed E-state index contributed by atoms with van der Waals surface area (Å²) in [6, 6.07) is 11.0. The molecule has 0 bridgehead atoms. The lowest BCUT2D eigenvalue weighted by atomic mass is 10.0. The summed E-state index contributed by atoms with van der Waals surface area (Å²) in [5, 5.41) is 3.57. The summed E-state index contributed by atoms with van der Waals surface area (Å²) in [6.45, 7) is 5.21. The van der Waals surface area contributed by atoms with Crippen LogP contribution in [0.3, 0.4) is 0 Å². The van der Waals surface area contributed by atoms with E-state index < -0.39 is 0 Å². The Labute approximate surface area is 133 Å². The fourth-order valence-electron chi connectivity index (χ4n) is 2.32. The second-order valence-corrected chi connectivity index (χ2v) is 7.27. The van der Waals surface area contributed by atoms with Crippen molar-refractivity contribution in [2.75, 3.05) is 13.7 Å². The van der Waals surface area contributed by atoms with Crippen molar-refractivity contribution in [3.8, 4) is 5.75 Å². The van der Waals surface area contributed by atoms with Crippen LogP contribution in [-0.4, -0.2) is 13.7 Å². The molecule has 0 aliphatic rings. The molecule has 0 aliphatic carbocycles. The summed E-state index contributed by atoms with van der Waals surface area (Å²) < 4.78 is 6.66. The van der Waals surface area contributed by atoms with Crippen molar-refractivity contribution < 1.29 is 4.74 Å². The van der Waals surface area contributed by atoms with Crippen LogP contribution in [0.15, 0.2) is 34.1 Å². The number of halogens is 1. The third-order valence-corrected chi connectivity index (χ3v) is 4.99. The van der Waals surface area contributed by atoms with Crippen LogP contribution in [0.1, 0.15) is 29.0 Å². The number of methoxy groups -OCH3 is 1. The molecule has 1 aromatic carbocycles. The molecule has 0 saturated carbocycles. The summed E-state index contributed by atoms with van der Waals surface area (Å²) in [4.78, 5) is 1.35. The smallest absolute Gasteiger partial charge is 0.122 e. The van der Waals surface area contributed by atoms with Crippen LogP contribution in [0.4, 0.5) is 0 Å². The normalized spacial score (nSPS) is 12.4. The molecule has 1 aromatic heterocycles. The lowest BCUT2D eigenvalue weighted by molar-refractivity contribution is 0.406. The minimum atomic E-state index is 0.326. The van der Waals surface area contributed by atoms with Crippen LogP contribution in [0.2, 0.25) is 0 Å². The Morgan fingerprint density at radius 3 is 2.70 bits per heavy atom. The predicted molar refractivity (Wildman–Crippen MR) is 89.9 cm³/mol. The number of rotatable bonds is 6. The second-order valence-electron chi connectivity index (χ2n) is 4.77. The van der Waals surface area contributed by atoms with Gasteiger partial charge in [-0.1, -0.05) is 24.6 Å². The van der Waals surface area contributed by atoms with E-state index in [-0.39, 0.29) is 0 Å². The van der Waals surface area contributed by atoms with Gasteiger partial charge in [0.05, 0.1) is 10.9 Å². The van der Waals surface area contributed by atoms with Gasteiger partial charge in [-0.25, -0.2) is 0 Å². The molecule has 0 saturated heterocycles. The number of benzene rings is 1. The standard InChI is InChI=1S/C16H20BrNOS/c1-4-18-13(15-7-8-16(17)20-15)10-12-9-11(2)5-6-14(12)19-3/h5-9,13,18H,4,10H2,1-3H3. The van der Waals surface area contributed by atoms with Crippen molar-refractivity contribution in [3.05, 3.63) is 50.1 Å². The quantitative estimate of drug-likeness (QED) is 0.810. The molecule has 0 radical (unpaired) electrons. The predicted octanol–water partition coefficient (Wildman–Crippen LogP) is 4.72. The summed E-state index contributed by atoms with van der Waals surface area (Å²) in [7, 11) is 1.73. The van der Waals surface area contributed by atoms with Crippen molar-refractivity contribution in [2.24, 2.45) is 0 Å². The number of nitrogens with one attached hydrogen (secondary N) is 1. The largest absolute Gasteiger partial charge is 0.496 e. The van der Waals surface area contributed by atoms with Gasteiger partial charge in [-0.05, 0) is 59.6 Å². The van der Waals surface area contributed by atoms with Crippen LogP contribution in [0.5, 0.6) is 5.75 Å². The first-order valence-electron chi connectivity index (χ1n) is 6.76. The first-order chi connectivity index (χ1) is 9.63. The highest BCUT2D eigenvalue weighted by Crippen LogP contribution is 2.31. The molecule has 4 heteroatoms. The highest BCUT2D eigenvalue weighted by molar-refractivity contribution is 9.11. The molecule has 0 fully saturated rings. The first-order valence-corrected chi connectivity index (χ1v) is 8.37. The zero-order chi connectivity index (χ0) is 14.5. The third kappa shape index (κ3) is 3.84. The van der Waals surface area contributed by atoms with E-state index in [4.69, 9.17) is 4.74 Å². The molecule has 0 aliphatic heterocycles. The SMILES string of the molecule is CCNC(Cc1cc(C)ccc1OC)c1ccc(Br)s1. The highest BCUT2D eigenvalue weighted by atomic mass is 79.9. The van der Waals surface area contributed by atoms with Crippen LogP contribution in [0.25, 0.3) is 0 Å². The third-order valence-electron chi connectivity index (χ3n) is 3.25. The molecular formula is C16H20BrNOS. The summed E-state index contributed by atoms with van der Waals surface area (Å²) in [5.74, 6) is 0.967. The maximum Gasteiger partial charge on any atom is 0.122 e. The van der Waals surface area contributed by atoms with E-state index in [2.05, 4.69) is 65.4 Å². The zero-order valence-corrected chi connectivity index (χ0v) is 14.5. The van der Waals surface area contributed by atoms with Crippen molar-refractivity contribution in [3.63, 3.8) is 0 Å². The Bertz CT molecular complexity index is 567. The molecule has 2 rings (SSSR count). The molecule has 20 heavy (non-hydrogen) atoms. The van der Waals surface area contributed by atoms with E-state index in [1.807, 2.05) is 0 Å². The number of hydrogen-bond acceptors (Lipinski definition) is 3. The number of aryl methyl sites for hydroxylation is 1. The van der Waals surface area contributed by atoms with E-state index >= 15 is 0 Å². The fourth-order valence-corrected chi connectivity index (χ4v) is 3.82. The number of likely N-dealkylation sites (N-methyl/N-ethyl adjacent to an activating group) is 1. The molecule has 2 nitrogen and oxygen atoms in total. The molecule has 1 atom stereocenters. The van der Waals surface area contributed by atoms with E-state index in [0.717, 1.165) is 18.7 Å². The van der Waals surface area contributed by atoms with Crippen molar-refractivity contribution >= 4 is 27.3 Å². The van der Waals surface area contributed by atoms with E-state index in [1.54, 1.807) is 18.4 Å². The summed E-state index contributed by atoms with van der Waals surface area (Å²) in [5.41, 5.74) is 2.52. The minimum absolute atomic E-state index is 0.326. The summed E-state index contributed by atoms with van der Waals surface area (Å²) >= 11 is 5.33. The van der Waals surface area contributed by atoms with Crippen LogP contribution >= 0.6 is 27.3 Å². The van der Waals surface area contributed by atoms with Crippen LogP contribution < -0.4 is 10.1 Å². The Morgan fingerprint density at radius 2 is 2.10 bits per heavy atom. The van der Waals surface area contributed by atoms with E-state index in [1.165, 1.54) is 19.8 Å². The van der Waals surface area contributed by atoms with E-state index in [0.29, 0.717) is 6.04 Å². The minimum Gasteiger partial charge on any atom is -0.496 e. The van der Waals surface area contributed by atoms with Crippen molar-refractivity contribution in [1.29, 1.82) is 0 Å². The molecular weight excluding hydrogens is 334 g/mol. The highest BCUT2D eigenvalue weighted by Gasteiger charge is 2.16. The van der Waals surface area contributed by atoms with Crippen LogP contribution in [0, 0.1) is 6.92 Å². The number of hydrogen-bond donors (Lipinski definition) is 1. The summed E-state index contributed by atoms with van der Waals surface area (Å²) in [6.07, 6.45) is 0.936. The molecule has 0 amide bonds. The lowest BCUT2D eigenvalue weighted by Crippen LogP contribution is -2.22. The number of ether oxygens (including phenoxy) is 1. The first kappa shape index (κ1) is 15.5. The van der Waals surface area contributed by atoms with Gasteiger partial charge in [0.2, 0.25) is 0 Å². The second kappa shape index (κ2) is 7.25. The fraction of sp³-hybridized carbons (Fsp3) is 0.375. The van der Waals surface area contributed by atoms with Gasteiger partial charge in [0, 0.05) is 10.9 Å². The van der Waals surface area contributed by atoms with Crippen molar-refractivity contribution in [1.82, 2.24) is 5.32 Å². The Balaban J connectivity index is 2.26. The maximum atomic E-state index is 5.49. The molecule has 108 valence electrons. The monoisotopic (exact) mass is 353 g/mol. The average Bonchev–Trinajstić information content (AvgIpc) is 2.85. The molecule has 1 heterocycles. The zero-order valence-electron chi connectivity index (χ0n) is 12.1. The van der Waals surface area contributed by atoms with Gasteiger partial charge in [0.15, 0.2) is 0 Å². The van der Waals surface area contributed by atoms with Gasteiger partial charge in [-0.15, -0.1) is 11.3 Å². The average molecular weight is 354 g/mol. The van der Waals surface area contributed by atoms with E-state index in [9.17, 15) is 0 Å². The molecule has 0 spiro atoms. The topological polar surface area (TPSA) is 21.3 Å². The van der Waals surface area contributed by atoms with Gasteiger partial charge in [0.1, 0.15) is 5.75 Å². The maximum absolute atomic E-state index is 5.49. The van der Waals surface area contributed by atoms with Gasteiger partial charge < -0.3 is 10.1 Å². The lowest BCUT2D eigenvalue weighted by Gasteiger charge is -2.18. The Kier molecular flexibility index (Phi) is 5.64. The van der Waals surface area contributed by atoms with Gasteiger partial charge >= 0.3 is 0 Å². The Hall–Kier alpha value is -0.840. The molecule has 2 aromatic rings. The van der Waals surface area contributed by atoms with Crippen LogP contribution in [-0.2, 0) is 6.42 Å².